The van der Waals surface area contributed by atoms with Gasteiger partial charge in [-0.25, -0.2) is 0 Å². The average Bonchev–Trinajstić information content (AvgIpc) is 2.30. The van der Waals surface area contributed by atoms with E-state index in [0.29, 0.717) is 18.7 Å². The van der Waals surface area contributed by atoms with Gasteiger partial charge in [0, 0.05) is 24.3 Å². The Labute approximate surface area is 96.2 Å². The lowest BCUT2D eigenvalue weighted by Gasteiger charge is -2.07. The van der Waals surface area contributed by atoms with Gasteiger partial charge >= 0.3 is 0 Å². The van der Waals surface area contributed by atoms with E-state index in [1.807, 2.05) is 25.1 Å². The summed E-state index contributed by atoms with van der Waals surface area (Å²) >= 11 is 0. The first-order valence-electron chi connectivity index (χ1n) is 5.60. The number of carbonyl (C=O) groups is 1. The molecule has 0 saturated carbocycles. The van der Waals surface area contributed by atoms with E-state index in [-0.39, 0.29) is 5.91 Å². The molecule has 0 aliphatic heterocycles. The van der Waals surface area contributed by atoms with E-state index in [0.717, 1.165) is 18.7 Å². The minimum absolute atomic E-state index is 0.0371. The van der Waals surface area contributed by atoms with Gasteiger partial charge < -0.3 is 16.4 Å². The van der Waals surface area contributed by atoms with Gasteiger partial charge in [-0.2, -0.15) is 0 Å². The zero-order chi connectivity index (χ0) is 11.8. The number of hydrogen-bond acceptors (Lipinski definition) is 3. The third-order valence-electron chi connectivity index (χ3n) is 2.17. The molecule has 0 unspecified atom stereocenters. The van der Waals surface area contributed by atoms with Crippen molar-refractivity contribution in [1.82, 2.24) is 5.32 Å². The quantitative estimate of drug-likeness (QED) is 0.632. The highest BCUT2D eigenvalue weighted by Crippen LogP contribution is 2.10. The van der Waals surface area contributed by atoms with Gasteiger partial charge in [-0.1, -0.05) is 6.07 Å². The van der Waals surface area contributed by atoms with Gasteiger partial charge in [0.2, 0.25) is 0 Å². The Morgan fingerprint density at radius 3 is 2.94 bits per heavy atom. The van der Waals surface area contributed by atoms with Crippen molar-refractivity contribution in [3.05, 3.63) is 29.8 Å². The normalized spacial score (nSPS) is 9.88. The summed E-state index contributed by atoms with van der Waals surface area (Å²) in [4.78, 5) is 11.6. The standard InChI is InChI=1S/C12H19N3O/c1-2-14-12(16)10-5-3-6-11(9-10)15-8-4-7-13/h3,5-6,9,15H,2,4,7-8,13H2,1H3,(H,14,16). The lowest BCUT2D eigenvalue weighted by atomic mass is 10.2. The Bertz CT molecular complexity index is 339. The smallest absolute Gasteiger partial charge is 0.251 e. The number of anilines is 1. The van der Waals surface area contributed by atoms with Crippen LogP contribution >= 0.6 is 0 Å². The van der Waals surface area contributed by atoms with Crippen LogP contribution in [-0.4, -0.2) is 25.5 Å². The number of amides is 1. The summed E-state index contributed by atoms with van der Waals surface area (Å²) in [6.45, 7) is 4.04. The van der Waals surface area contributed by atoms with E-state index in [1.54, 1.807) is 6.07 Å². The monoisotopic (exact) mass is 221 g/mol. The van der Waals surface area contributed by atoms with E-state index in [9.17, 15) is 4.79 Å². The van der Waals surface area contributed by atoms with Crippen LogP contribution in [0.15, 0.2) is 24.3 Å². The molecule has 4 nitrogen and oxygen atoms in total. The molecule has 0 spiro atoms. The average molecular weight is 221 g/mol. The molecular weight excluding hydrogens is 202 g/mol. The van der Waals surface area contributed by atoms with Crippen molar-refractivity contribution in [3.8, 4) is 0 Å². The molecule has 4 heteroatoms. The largest absolute Gasteiger partial charge is 0.385 e. The molecule has 0 heterocycles. The van der Waals surface area contributed by atoms with Crippen LogP contribution in [0.2, 0.25) is 0 Å². The number of hydrogen-bond donors (Lipinski definition) is 3. The van der Waals surface area contributed by atoms with E-state index in [4.69, 9.17) is 5.73 Å². The minimum Gasteiger partial charge on any atom is -0.385 e. The first-order valence-corrected chi connectivity index (χ1v) is 5.60. The van der Waals surface area contributed by atoms with Gasteiger partial charge in [0.25, 0.3) is 5.91 Å². The molecule has 0 aromatic heterocycles. The van der Waals surface area contributed by atoms with Crippen molar-refractivity contribution in [2.45, 2.75) is 13.3 Å². The van der Waals surface area contributed by atoms with E-state index in [2.05, 4.69) is 10.6 Å². The van der Waals surface area contributed by atoms with Crippen molar-refractivity contribution < 1.29 is 4.79 Å². The second-order valence-electron chi connectivity index (χ2n) is 3.51. The number of rotatable bonds is 6. The van der Waals surface area contributed by atoms with Crippen LogP contribution in [0.3, 0.4) is 0 Å². The fourth-order valence-electron chi connectivity index (χ4n) is 1.37. The number of nitrogens with one attached hydrogen (secondary N) is 2. The zero-order valence-electron chi connectivity index (χ0n) is 9.62. The second kappa shape index (κ2) is 6.85. The highest BCUT2D eigenvalue weighted by molar-refractivity contribution is 5.95. The predicted molar refractivity (Wildman–Crippen MR) is 66.6 cm³/mol. The molecular formula is C12H19N3O. The first-order chi connectivity index (χ1) is 7.77. The summed E-state index contributed by atoms with van der Waals surface area (Å²) in [6, 6.07) is 7.47. The van der Waals surface area contributed by atoms with Crippen molar-refractivity contribution in [1.29, 1.82) is 0 Å². The first kappa shape index (κ1) is 12.5. The molecule has 0 aliphatic carbocycles. The van der Waals surface area contributed by atoms with Gasteiger partial charge in [0.05, 0.1) is 0 Å². The summed E-state index contributed by atoms with van der Waals surface area (Å²) in [7, 11) is 0. The fraction of sp³-hybridized carbons (Fsp3) is 0.417. The molecule has 0 saturated heterocycles. The van der Waals surface area contributed by atoms with Crippen LogP contribution in [0.5, 0.6) is 0 Å². The fourth-order valence-corrected chi connectivity index (χ4v) is 1.37. The summed E-state index contributed by atoms with van der Waals surface area (Å²) in [5.41, 5.74) is 7.04. The molecule has 0 aliphatic rings. The van der Waals surface area contributed by atoms with Gasteiger partial charge in [0.1, 0.15) is 0 Å². The van der Waals surface area contributed by atoms with Crippen LogP contribution in [0.25, 0.3) is 0 Å². The Balaban J connectivity index is 2.60. The van der Waals surface area contributed by atoms with Crippen molar-refractivity contribution >= 4 is 11.6 Å². The molecule has 0 radical (unpaired) electrons. The molecule has 4 N–H and O–H groups in total. The van der Waals surface area contributed by atoms with Crippen LogP contribution in [0.4, 0.5) is 5.69 Å². The molecule has 16 heavy (non-hydrogen) atoms. The highest BCUT2D eigenvalue weighted by Gasteiger charge is 2.03. The van der Waals surface area contributed by atoms with E-state index in [1.165, 1.54) is 0 Å². The molecule has 1 amide bonds. The number of benzene rings is 1. The van der Waals surface area contributed by atoms with Crippen molar-refractivity contribution in [3.63, 3.8) is 0 Å². The second-order valence-corrected chi connectivity index (χ2v) is 3.51. The van der Waals surface area contributed by atoms with Gasteiger partial charge in [0.15, 0.2) is 0 Å². The molecule has 1 aromatic rings. The van der Waals surface area contributed by atoms with E-state index >= 15 is 0 Å². The molecule has 1 rings (SSSR count). The summed E-state index contributed by atoms with van der Waals surface area (Å²) < 4.78 is 0. The van der Waals surface area contributed by atoms with E-state index < -0.39 is 0 Å². The predicted octanol–water partition coefficient (Wildman–Crippen LogP) is 1.20. The summed E-state index contributed by atoms with van der Waals surface area (Å²) in [5, 5.41) is 5.99. The molecule has 88 valence electrons. The highest BCUT2D eigenvalue weighted by atomic mass is 16.1. The van der Waals surface area contributed by atoms with Crippen LogP contribution in [0.1, 0.15) is 23.7 Å². The SMILES string of the molecule is CCNC(=O)c1cccc(NCCCN)c1. The van der Waals surface area contributed by atoms with Crippen LogP contribution in [-0.2, 0) is 0 Å². The molecule has 0 bridgehead atoms. The third kappa shape index (κ3) is 3.90. The Kier molecular flexibility index (Phi) is 5.36. The Hall–Kier alpha value is -1.55. The van der Waals surface area contributed by atoms with Crippen molar-refractivity contribution in [2.24, 2.45) is 5.73 Å². The molecule has 0 fully saturated rings. The van der Waals surface area contributed by atoms with Crippen molar-refractivity contribution in [2.75, 3.05) is 25.0 Å². The van der Waals surface area contributed by atoms with Gasteiger partial charge in [-0.05, 0) is 38.1 Å². The Morgan fingerprint density at radius 2 is 2.25 bits per heavy atom. The number of carbonyl (C=O) groups excluding carboxylic acids is 1. The maximum absolute atomic E-state index is 11.6. The van der Waals surface area contributed by atoms with Gasteiger partial charge in [-0.3, -0.25) is 4.79 Å². The lowest BCUT2D eigenvalue weighted by Crippen LogP contribution is -2.22. The van der Waals surface area contributed by atoms with Gasteiger partial charge in [-0.15, -0.1) is 0 Å². The molecule has 1 aromatic carbocycles. The molecule has 0 atom stereocenters. The lowest BCUT2D eigenvalue weighted by molar-refractivity contribution is 0.0956. The zero-order valence-corrected chi connectivity index (χ0v) is 9.62. The Morgan fingerprint density at radius 1 is 1.44 bits per heavy atom. The number of nitrogens with two attached hydrogens (primary N) is 1. The topological polar surface area (TPSA) is 67.2 Å². The maximum atomic E-state index is 11.6. The maximum Gasteiger partial charge on any atom is 0.251 e. The minimum atomic E-state index is -0.0371. The van der Waals surface area contributed by atoms with Crippen LogP contribution < -0.4 is 16.4 Å². The summed E-state index contributed by atoms with van der Waals surface area (Å²) in [5.74, 6) is -0.0371. The third-order valence-corrected chi connectivity index (χ3v) is 2.17. The van der Waals surface area contributed by atoms with Crippen LogP contribution in [0, 0.1) is 0 Å². The summed E-state index contributed by atoms with van der Waals surface area (Å²) in [6.07, 6.45) is 0.922.